The zero-order valence-corrected chi connectivity index (χ0v) is 13.3. The lowest BCUT2D eigenvalue weighted by atomic mass is 10.1. The second-order valence-electron chi connectivity index (χ2n) is 5.39. The smallest absolute Gasteiger partial charge is 0.298 e. The maximum atomic E-state index is 11.6. The van der Waals surface area contributed by atoms with Crippen LogP contribution in [0.5, 0.6) is 11.5 Å². The summed E-state index contributed by atoms with van der Waals surface area (Å²) in [5, 5.41) is 22.1. The van der Waals surface area contributed by atoms with E-state index in [0.29, 0.717) is 33.6 Å². The maximum Gasteiger partial charge on any atom is 0.298 e. The molecule has 0 saturated heterocycles. The summed E-state index contributed by atoms with van der Waals surface area (Å²) in [6.45, 7) is 1.74. The Morgan fingerprint density at radius 3 is 2.71 bits per heavy atom. The Balaban J connectivity index is 2.48. The molecule has 3 rings (SSSR count). The van der Waals surface area contributed by atoms with Gasteiger partial charge in [0.2, 0.25) is 0 Å². The molecule has 0 saturated carbocycles. The van der Waals surface area contributed by atoms with Gasteiger partial charge in [-0.25, -0.2) is 0 Å². The standard InChI is InChI=1S/C17H17N3O4/c1-10-16(20(22)23)13-6-7-15(21)14(9-18)17(13)19(10)11-4-3-5-12(8-11)24-2/h3-8,21H,9,18H2,1-2H3. The molecule has 1 heterocycles. The van der Waals surface area contributed by atoms with E-state index in [4.69, 9.17) is 10.5 Å². The summed E-state index contributed by atoms with van der Waals surface area (Å²) in [5.41, 5.74) is 7.95. The number of hydrogen-bond donors (Lipinski definition) is 2. The summed E-state index contributed by atoms with van der Waals surface area (Å²) in [6.07, 6.45) is 0. The molecule has 2 aromatic carbocycles. The zero-order chi connectivity index (χ0) is 17.4. The van der Waals surface area contributed by atoms with Gasteiger partial charge in [-0.05, 0) is 31.2 Å². The number of benzene rings is 2. The van der Waals surface area contributed by atoms with Crippen molar-refractivity contribution in [2.75, 3.05) is 7.11 Å². The molecule has 3 N–H and O–H groups in total. The molecule has 1 aromatic heterocycles. The fourth-order valence-corrected chi connectivity index (χ4v) is 3.04. The fourth-order valence-electron chi connectivity index (χ4n) is 3.04. The van der Waals surface area contributed by atoms with Gasteiger partial charge in [0.15, 0.2) is 0 Å². The van der Waals surface area contributed by atoms with Gasteiger partial charge in [-0.3, -0.25) is 10.1 Å². The Morgan fingerprint density at radius 2 is 2.08 bits per heavy atom. The van der Waals surface area contributed by atoms with Crippen molar-refractivity contribution in [3.63, 3.8) is 0 Å². The number of nitrogens with zero attached hydrogens (tertiary/aromatic N) is 2. The molecule has 0 amide bonds. The van der Waals surface area contributed by atoms with Crippen molar-refractivity contribution in [3.8, 4) is 17.2 Å². The normalized spacial score (nSPS) is 11.0. The first-order valence-electron chi connectivity index (χ1n) is 7.34. The Hall–Kier alpha value is -3.06. The van der Waals surface area contributed by atoms with E-state index < -0.39 is 4.92 Å². The van der Waals surface area contributed by atoms with Gasteiger partial charge in [0, 0.05) is 23.9 Å². The van der Waals surface area contributed by atoms with E-state index in [0.717, 1.165) is 0 Å². The van der Waals surface area contributed by atoms with Crippen LogP contribution in [0.2, 0.25) is 0 Å². The minimum Gasteiger partial charge on any atom is -0.508 e. The first-order valence-corrected chi connectivity index (χ1v) is 7.34. The van der Waals surface area contributed by atoms with Crippen LogP contribution in [0.3, 0.4) is 0 Å². The van der Waals surface area contributed by atoms with E-state index >= 15 is 0 Å². The van der Waals surface area contributed by atoms with Crippen LogP contribution in [0.4, 0.5) is 5.69 Å². The number of phenols is 1. The number of aromatic nitrogens is 1. The maximum absolute atomic E-state index is 11.6. The van der Waals surface area contributed by atoms with Gasteiger partial charge < -0.3 is 20.1 Å². The third kappa shape index (κ3) is 2.26. The topological polar surface area (TPSA) is 104 Å². The number of ether oxygens (including phenoxy) is 1. The highest BCUT2D eigenvalue weighted by Gasteiger charge is 2.26. The van der Waals surface area contributed by atoms with Crippen LogP contribution in [0.15, 0.2) is 36.4 Å². The number of phenolic OH excluding ortho intramolecular Hbond substituents is 1. The van der Waals surface area contributed by atoms with Crippen LogP contribution < -0.4 is 10.5 Å². The Morgan fingerprint density at radius 1 is 1.33 bits per heavy atom. The quantitative estimate of drug-likeness (QED) is 0.566. The SMILES string of the molecule is COc1cccc(-n2c(C)c([N+](=O)[O-])c3ccc(O)c(CN)c32)c1. The lowest BCUT2D eigenvalue weighted by Crippen LogP contribution is -2.03. The number of methoxy groups -OCH3 is 1. The third-order valence-electron chi connectivity index (χ3n) is 4.11. The van der Waals surface area contributed by atoms with E-state index in [1.807, 2.05) is 6.07 Å². The van der Waals surface area contributed by atoms with Crippen molar-refractivity contribution < 1.29 is 14.8 Å². The van der Waals surface area contributed by atoms with Gasteiger partial charge in [-0.2, -0.15) is 0 Å². The van der Waals surface area contributed by atoms with Gasteiger partial charge in [0.05, 0.1) is 28.6 Å². The molecule has 7 nitrogen and oxygen atoms in total. The Bertz CT molecular complexity index is 947. The van der Waals surface area contributed by atoms with Crippen molar-refractivity contribution in [2.24, 2.45) is 5.73 Å². The van der Waals surface area contributed by atoms with Crippen molar-refractivity contribution in [1.29, 1.82) is 0 Å². The summed E-state index contributed by atoms with van der Waals surface area (Å²) in [6, 6.07) is 10.2. The summed E-state index contributed by atoms with van der Waals surface area (Å²) in [7, 11) is 1.55. The van der Waals surface area contributed by atoms with Crippen molar-refractivity contribution >= 4 is 16.6 Å². The minimum atomic E-state index is -0.411. The number of nitro groups is 1. The van der Waals surface area contributed by atoms with Gasteiger partial charge in [0.25, 0.3) is 5.69 Å². The Kier molecular flexibility index (Phi) is 3.86. The van der Waals surface area contributed by atoms with Gasteiger partial charge >= 0.3 is 0 Å². The van der Waals surface area contributed by atoms with E-state index in [1.54, 1.807) is 42.9 Å². The summed E-state index contributed by atoms with van der Waals surface area (Å²) in [5.74, 6) is 0.646. The van der Waals surface area contributed by atoms with Crippen LogP contribution in [0.1, 0.15) is 11.3 Å². The second kappa shape index (κ2) is 5.86. The molecule has 0 aliphatic heterocycles. The highest BCUT2D eigenvalue weighted by Crippen LogP contribution is 2.39. The van der Waals surface area contributed by atoms with Gasteiger partial charge in [-0.15, -0.1) is 0 Å². The minimum absolute atomic E-state index is 0.00233. The molecule has 124 valence electrons. The van der Waals surface area contributed by atoms with Gasteiger partial charge in [-0.1, -0.05) is 6.07 Å². The highest BCUT2D eigenvalue weighted by molar-refractivity contribution is 5.96. The van der Waals surface area contributed by atoms with Gasteiger partial charge in [0.1, 0.15) is 11.5 Å². The van der Waals surface area contributed by atoms with Crippen LogP contribution in [0, 0.1) is 17.0 Å². The van der Waals surface area contributed by atoms with E-state index in [9.17, 15) is 15.2 Å². The van der Waals surface area contributed by atoms with E-state index in [-0.39, 0.29) is 18.0 Å². The van der Waals surface area contributed by atoms with Crippen LogP contribution in [-0.4, -0.2) is 21.7 Å². The fraction of sp³-hybridized carbons (Fsp3) is 0.176. The molecular formula is C17H17N3O4. The molecule has 0 radical (unpaired) electrons. The molecule has 24 heavy (non-hydrogen) atoms. The molecule has 0 unspecified atom stereocenters. The Labute approximate surface area is 138 Å². The number of rotatable bonds is 4. The average Bonchev–Trinajstić information content (AvgIpc) is 2.87. The third-order valence-corrected chi connectivity index (χ3v) is 4.11. The summed E-state index contributed by atoms with van der Waals surface area (Å²) < 4.78 is 6.98. The first kappa shape index (κ1) is 15.8. The number of hydrogen-bond acceptors (Lipinski definition) is 5. The first-order chi connectivity index (χ1) is 11.5. The number of fused-ring (bicyclic) bond motifs is 1. The van der Waals surface area contributed by atoms with Crippen molar-refractivity contribution in [1.82, 2.24) is 4.57 Å². The molecule has 0 aliphatic rings. The summed E-state index contributed by atoms with van der Waals surface area (Å²) >= 11 is 0. The summed E-state index contributed by atoms with van der Waals surface area (Å²) in [4.78, 5) is 11.2. The zero-order valence-electron chi connectivity index (χ0n) is 13.3. The molecule has 3 aromatic rings. The van der Waals surface area contributed by atoms with Crippen molar-refractivity contribution in [3.05, 3.63) is 57.8 Å². The molecule has 7 heteroatoms. The highest BCUT2D eigenvalue weighted by atomic mass is 16.6. The van der Waals surface area contributed by atoms with E-state index in [2.05, 4.69) is 0 Å². The van der Waals surface area contributed by atoms with E-state index in [1.165, 1.54) is 6.07 Å². The molecule has 0 bridgehead atoms. The lowest BCUT2D eigenvalue weighted by Gasteiger charge is -2.12. The molecular weight excluding hydrogens is 310 g/mol. The second-order valence-corrected chi connectivity index (χ2v) is 5.39. The predicted octanol–water partition coefficient (Wildman–Crippen LogP) is 3.02. The largest absolute Gasteiger partial charge is 0.508 e. The number of nitrogens with two attached hydrogens (primary N) is 1. The lowest BCUT2D eigenvalue weighted by molar-refractivity contribution is -0.383. The van der Waals surface area contributed by atoms with Crippen molar-refractivity contribution in [2.45, 2.75) is 13.5 Å². The molecule has 0 fully saturated rings. The molecule has 0 atom stereocenters. The number of aromatic hydroxyl groups is 1. The van der Waals surface area contributed by atoms with Crippen LogP contribution >= 0.6 is 0 Å². The average molecular weight is 327 g/mol. The predicted molar refractivity (Wildman–Crippen MR) is 90.8 cm³/mol. The van der Waals surface area contributed by atoms with Crippen LogP contribution in [0.25, 0.3) is 16.6 Å². The monoisotopic (exact) mass is 327 g/mol. The molecule has 0 spiro atoms. The van der Waals surface area contributed by atoms with Crippen LogP contribution in [-0.2, 0) is 6.54 Å². The molecule has 0 aliphatic carbocycles.